The van der Waals surface area contributed by atoms with Crippen LogP contribution in [0.4, 0.5) is 0 Å². The van der Waals surface area contributed by atoms with E-state index in [1.165, 1.54) is 5.56 Å². The number of amides is 1. The zero-order valence-corrected chi connectivity index (χ0v) is 10.3. The molecule has 1 aromatic carbocycles. The van der Waals surface area contributed by atoms with E-state index in [0.29, 0.717) is 6.54 Å². The second-order valence-corrected chi connectivity index (χ2v) is 4.69. The molecule has 3 nitrogen and oxygen atoms in total. The maximum Gasteiger partial charge on any atom is 0.227 e. The molecule has 2 atom stereocenters. The number of likely N-dealkylation sites (tertiary alicyclic amines) is 1. The summed E-state index contributed by atoms with van der Waals surface area (Å²) in [6, 6.07) is 10.3. The van der Waals surface area contributed by atoms with Crippen LogP contribution < -0.4 is 5.73 Å². The molecule has 1 aliphatic heterocycles. The third kappa shape index (κ3) is 2.50. The normalized spacial score (nSPS) is 22.6. The van der Waals surface area contributed by atoms with E-state index in [0.717, 1.165) is 19.4 Å². The van der Waals surface area contributed by atoms with Crippen LogP contribution in [-0.4, -0.2) is 23.9 Å². The summed E-state index contributed by atoms with van der Waals surface area (Å²) in [6.07, 6.45) is 2.00. The lowest BCUT2D eigenvalue weighted by atomic mass is 9.94. The highest BCUT2D eigenvalue weighted by Gasteiger charge is 2.30. The van der Waals surface area contributed by atoms with Crippen molar-refractivity contribution in [3.05, 3.63) is 35.9 Å². The van der Waals surface area contributed by atoms with Crippen molar-refractivity contribution < 1.29 is 4.79 Å². The Morgan fingerprint density at radius 1 is 1.41 bits per heavy atom. The number of rotatable bonds is 3. The zero-order chi connectivity index (χ0) is 12.3. The number of carbonyl (C=O) groups excluding carboxylic acids is 1. The van der Waals surface area contributed by atoms with E-state index in [-0.39, 0.29) is 17.9 Å². The van der Waals surface area contributed by atoms with Gasteiger partial charge >= 0.3 is 0 Å². The highest BCUT2D eigenvalue weighted by atomic mass is 16.2. The lowest BCUT2D eigenvalue weighted by Gasteiger charge is -2.36. The maximum atomic E-state index is 12.2. The van der Waals surface area contributed by atoms with Gasteiger partial charge < -0.3 is 10.6 Å². The van der Waals surface area contributed by atoms with E-state index < -0.39 is 0 Å². The van der Waals surface area contributed by atoms with Crippen molar-refractivity contribution >= 4 is 5.91 Å². The largest absolute Gasteiger partial charge is 0.336 e. The van der Waals surface area contributed by atoms with Crippen molar-refractivity contribution in [1.82, 2.24) is 4.90 Å². The molecule has 2 rings (SSSR count). The highest BCUT2D eigenvalue weighted by molar-refractivity contribution is 5.80. The summed E-state index contributed by atoms with van der Waals surface area (Å²) in [4.78, 5) is 14.2. The Morgan fingerprint density at radius 3 is 2.76 bits per heavy atom. The molecule has 0 aromatic heterocycles. The van der Waals surface area contributed by atoms with Crippen LogP contribution in [0.3, 0.4) is 0 Å². The standard InChI is InChI=1S/C14H20N2O/c1-11(12-6-3-2-4-7-12)16-9-5-8-13(10-15)14(16)17/h2-4,6-7,11,13H,5,8-10,15H2,1H3/t11-,13-/m1/s1. The number of hydrogen-bond acceptors (Lipinski definition) is 2. The Hall–Kier alpha value is -1.35. The fourth-order valence-corrected chi connectivity index (χ4v) is 2.49. The molecule has 1 aliphatic rings. The fraction of sp³-hybridized carbons (Fsp3) is 0.500. The van der Waals surface area contributed by atoms with Gasteiger partial charge in [0.2, 0.25) is 5.91 Å². The van der Waals surface area contributed by atoms with Gasteiger partial charge in [-0.1, -0.05) is 30.3 Å². The van der Waals surface area contributed by atoms with Gasteiger partial charge in [-0.2, -0.15) is 0 Å². The first-order valence-corrected chi connectivity index (χ1v) is 6.29. The molecule has 1 fully saturated rings. The molecule has 0 bridgehead atoms. The molecular weight excluding hydrogens is 212 g/mol. The first-order chi connectivity index (χ1) is 8.24. The Bertz CT molecular complexity index is 377. The molecule has 1 amide bonds. The Balaban J connectivity index is 2.14. The van der Waals surface area contributed by atoms with Crippen molar-refractivity contribution in [2.75, 3.05) is 13.1 Å². The van der Waals surface area contributed by atoms with Crippen LogP contribution in [0.5, 0.6) is 0 Å². The maximum absolute atomic E-state index is 12.2. The molecule has 1 aromatic rings. The Kier molecular flexibility index (Phi) is 3.79. The van der Waals surface area contributed by atoms with Gasteiger partial charge in [-0.15, -0.1) is 0 Å². The van der Waals surface area contributed by atoms with Crippen molar-refractivity contribution in [3.63, 3.8) is 0 Å². The lowest BCUT2D eigenvalue weighted by Crippen LogP contribution is -2.44. The van der Waals surface area contributed by atoms with Crippen LogP contribution in [0.25, 0.3) is 0 Å². The van der Waals surface area contributed by atoms with Crippen LogP contribution in [0.15, 0.2) is 30.3 Å². The molecule has 0 spiro atoms. The minimum atomic E-state index is 0.0231. The average molecular weight is 232 g/mol. The molecule has 1 heterocycles. The molecule has 92 valence electrons. The molecule has 17 heavy (non-hydrogen) atoms. The predicted octanol–water partition coefficient (Wildman–Crippen LogP) is 1.94. The molecule has 1 saturated heterocycles. The molecule has 2 N–H and O–H groups in total. The van der Waals surface area contributed by atoms with Crippen LogP contribution in [-0.2, 0) is 4.79 Å². The second-order valence-electron chi connectivity index (χ2n) is 4.69. The zero-order valence-electron chi connectivity index (χ0n) is 10.3. The minimum absolute atomic E-state index is 0.0231. The van der Waals surface area contributed by atoms with E-state index in [4.69, 9.17) is 5.73 Å². The number of nitrogens with two attached hydrogens (primary N) is 1. The van der Waals surface area contributed by atoms with E-state index >= 15 is 0 Å². The van der Waals surface area contributed by atoms with Crippen LogP contribution in [0, 0.1) is 5.92 Å². The lowest BCUT2D eigenvalue weighted by molar-refractivity contribution is -0.140. The van der Waals surface area contributed by atoms with Crippen LogP contribution in [0.1, 0.15) is 31.4 Å². The van der Waals surface area contributed by atoms with Gasteiger partial charge in [0.15, 0.2) is 0 Å². The molecule has 0 unspecified atom stereocenters. The van der Waals surface area contributed by atoms with E-state index in [2.05, 4.69) is 19.1 Å². The van der Waals surface area contributed by atoms with Gasteiger partial charge in [0.25, 0.3) is 0 Å². The van der Waals surface area contributed by atoms with Crippen molar-refractivity contribution in [3.8, 4) is 0 Å². The number of carbonyl (C=O) groups is 1. The van der Waals surface area contributed by atoms with Crippen LogP contribution >= 0.6 is 0 Å². The predicted molar refractivity (Wildman–Crippen MR) is 68.3 cm³/mol. The van der Waals surface area contributed by atoms with Crippen molar-refractivity contribution in [1.29, 1.82) is 0 Å². The van der Waals surface area contributed by atoms with Gasteiger partial charge in [0.1, 0.15) is 0 Å². The monoisotopic (exact) mass is 232 g/mol. The van der Waals surface area contributed by atoms with Gasteiger partial charge in [-0.3, -0.25) is 4.79 Å². The molecule has 0 saturated carbocycles. The summed E-state index contributed by atoms with van der Waals surface area (Å²) in [5, 5.41) is 0. The van der Waals surface area contributed by atoms with Gasteiger partial charge in [0, 0.05) is 13.1 Å². The summed E-state index contributed by atoms with van der Waals surface area (Å²) in [6.45, 7) is 3.41. The fourth-order valence-electron chi connectivity index (χ4n) is 2.49. The SMILES string of the molecule is C[C@H](c1ccccc1)N1CCC[C@H](CN)C1=O. The van der Waals surface area contributed by atoms with Crippen LogP contribution in [0.2, 0.25) is 0 Å². The van der Waals surface area contributed by atoms with Gasteiger partial charge in [-0.25, -0.2) is 0 Å². The van der Waals surface area contributed by atoms with E-state index in [1.54, 1.807) is 0 Å². The highest BCUT2D eigenvalue weighted by Crippen LogP contribution is 2.27. The summed E-state index contributed by atoms with van der Waals surface area (Å²) >= 11 is 0. The number of benzene rings is 1. The molecule has 0 aliphatic carbocycles. The summed E-state index contributed by atoms with van der Waals surface area (Å²) in [5.41, 5.74) is 6.84. The third-order valence-electron chi connectivity index (χ3n) is 3.62. The first-order valence-electron chi connectivity index (χ1n) is 6.29. The van der Waals surface area contributed by atoms with E-state index in [1.807, 2.05) is 23.1 Å². The summed E-state index contributed by atoms with van der Waals surface area (Å²) < 4.78 is 0. The third-order valence-corrected chi connectivity index (χ3v) is 3.62. The Labute approximate surface area is 103 Å². The number of piperidine rings is 1. The number of nitrogens with zero attached hydrogens (tertiary/aromatic N) is 1. The quantitative estimate of drug-likeness (QED) is 0.865. The summed E-state index contributed by atoms with van der Waals surface area (Å²) in [5.74, 6) is 0.241. The van der Waals surface area contributed by atoms with Gasteiger partial charge in [-0.05, 0) is 25.3 Å². The topological polar surface area (TPSA) is 46.3 Å². The number of hydrogen-bond donors (Lipinski definition) is 1. The van der Waals surface area contributed by atoms with Crippen molar-refractivity contribution in [2.24, 2.45) is 11.7 Å². The van der Waals surface area contributed by atoms with Crippen molar-refractivity contribution in [2.45, 2.75) is 25.8 Å². The van der Waals surface area contributed by atoms with E-state index in [9.17, 15) is 4.79 Å². The minimum Gasteiger partial charge on any atom is -0.336 e. The molecular formula is C14H20N2O. The molecule has 3 heteroatoms. The molecule has 0 radical (unpaired) electrons. The second kappa shape index (κ2) is 5.32. The summed E-state index contributed by atoms with van der Waals surface area (Å²) in [7, 11) is 0. The average Bonchev–Trinajstić information content (AvgIpc) is 2.39. The smallest absolute Gasteiger partial charge is 0.227 e. The van der Waals surface area contributed by atoms with Gasteiger partial charge in [0.05, 0.1) is 12.0 Å². The first kappa shape index (κ1) is 12.1. The Morgan fingerprint density at radius 2 is 2.12 bits per heavy atom.